The number of aryl methyl sites for hydroxylation is 3. The molecule has 0 saturated heterocycles. The Morgan fingerprint density at radius 1 is 0.933 bits per heavy atom. The number of carbonyl (C=O) groups excluding carboxylic acids is 3. The molecular formula is C24H22N2O4. The Hall–Kier alpha value is -3.67. The summed E-state index contributed by atoms with van der Waals surface area (Å²) >= 11 is 0. The minimum atomic E-state index is -0.697. The monoisotopic (exact) mass is 402 g/mol. The van der Waals surface area contributed by atoms with Gasteiger partial charge in [0.2, 0.25) is 0 Å². The van der Waals surface area contributed by atoms with E-state index in [-0.39, 0.29) is 0 Å². The first kappa shape index (κ1) is 19.6. The molecule has 0 atom stereocenters. The summed E-state index contributed by atoms with van der Waals surface area (Å²) in [7, 11) is 0. The van der Waals surface area contributed by atoms with Crippen LogP contribution in [0.4, 0.5) is 10.5 Å². The maximum Gasteiger partial charge on any atom is 0.339 e. The Kier molecular flexibility index (Phi) is 5.23. The number of imide groups is 1. The number of benzene rings is 3. The zero-order valence-electron chi connectivity index (χ0n) is 16.9. The van der Waals surface area contributed by atoms with Crippen LogP contribution in [0, 0.1) is 13.8 Å². The van der Waals surface area contributed by atoms with Crippen molar-refractivity contribution in [1.82, 2.24) is 5.32 Å². The summed E-state index contributed by atoms with van der Waals surface area (Å²) in [6.45, 7) is 3.28. The second-order valence-corrected chi connectivity index (χ2v) is 7.44. The van der Waals surface area contributed by atoms with E-state index in [4.69, 9.17) is 4.74 Å². The highest BCUT2D eigenvalue weighted by molar-refractivity contribution is 6.08. The lowest BCUT2D eigenvalue weighted by atomic mass is 10.00. The molecule has 0 saturated carbocycles. The van der Waals surface area contributed by atoms with Crippen LogP contribution in [0.25, 0.3) is 10.8 Å². The van der Waals surface area contributed by atoms with Crippen molar-refractivity contribution in [3.63, 3.8) is 0 Å². The van der Waals surface area contributed by atoms with Crippen LogP contribution in [0.3, 0.4) is 0 Å². The van der Waals surface area contributed by atoms with Gasteiger partial charge < -0.3 is 10.1 Å². The van der Waals surface area contributed by atoms with Gasteiger partial charge in [-0.05, 0) is 71.8 Å². The van der Waals surface area contributed by atoms with Crippen LogP contribution in [0.5, 0.6) is 0 Å². The molecule has 0 heterocycles. The number of urea groups is 1. The Labute approximate surface area is 174 Å². The summed E-state index contributed by atoms with van der Waals surface area (Å²) in [4.78, 5) is 36.7. The summed E-state index contributed by atoms with van der Waals surface area (Å²) in [6, 6.07) is 14.4. The number of hydrogen-bond acceptors (Lipinski definition) is 4. The van der Waals surface area contributed by atoms with Crippen molar-refractivity contribution in [2.45, 2.75) is 26.7 Å². The van der Waals surface area contributed by atoms with E-state index in [1.54, 1.807) is 12.1 Å². The summed E-state index contributed by atoms with van der Waals surface area (Å²) in [6.07, 6.45) is 1.92. The maximum atomic E-state index is 12.6. The Balaban J connectivity index is 1.38. The molecule has 3 amide bonds. The van der Waals surface area contributed by atoms with Gasteiger partial charge in [-0.15, -0.1) is 0 Å². The molecule has 0 unspecified atom stereocenters. The van der Waals surface area contributed by atoms with E-state index < -0.39 is 24.5 Å². The van der Waals surface area contributed by atoms with Gasteiger partial charge in [0.05, 0.1) is 5.56 Å². The molecule has 3 aromatic rings. The van der Waals surface area contributed by atoms with Crippen LogP contribution in [0.2, 0.25) is 0 Å². The number of anilines is 1. The third kappa shape index (κ3) is 3.76. The van der Waals surface area contributed by atoms with Crippen molar-refractivity contribution in [2.24, 2.45) is 0 Å². The number of esters is 1. The second-order valence-electron chi connectivity index (χ2n) is 7.44. The first-order chi connectivity index (χ1) is 14.4. The molecule has 0 aromatic heterocycles. The summed E-state index contributed by atoms with van der Waals surface area (Å²) < 4.78 is 5.16. The Bertz CT molecular complexity index is 1170. The largest absolute Gasteiger partial charge is 0.452 e. The molecule has 4 rings (SSSR count). The topological polar surface area (TPSA) is 84.5 Å². The van der Waals surface area contributed by atoms with Gasteiger partial charge in [-0.3, -0.25) is 10.1 Å². The highest BCUT2D eigenvalue weighted by Crippen LogP contribution is 2.33. The fourth-order valence-corrected chi connectivity index (χ4v) is 3.84. The normalized spacial score (nSPS) is 11.9. The van der Waals surface area contributed by atoms with E-state index in [2.05, 4.69) is 16.7 Å². The van der Waals surface area contributed by atoms with E-state index in [0.717, 1.165) is 34.7 Å². The number of amides is 3. The minimum absolute atomic E-state index is 0.421. The molecule has 0 spiro atoms. The third-order valence-electron chi connectivity index (χ3n) is 5.54. The lowest BCUT2D eigenvalue weighted by Crippen LogP contribution is -2.37. The van der Waals surface area contributed by atoms with Crippen molar-refractivity contribution < 1.29 is 19.1 Å². The molecular weight excluding hydrogens is 380 g/mol. The fourth-order valence-electron chi connectivity index (χ4n) is 3.84. The molecule has 152 valence electrons. The van der Waals surface area contributed by atoms with E-state index in [1.165, 1.54) is 11.1 Å². The number of carbonyl (C=O) groups is 3. The Morgan fingerprint density at radius 2 is 1.67 bits per heavy atom. The summed E-state index contributed by atoms with van der Waals surface area (Å²) in [5.41, 5.74) is 5.42. The van der Waals surface area contributed by atoms with E-state index >= 15 is 0 Å². The van der Waals surface area contributed by atoms with Gasteiger partial charge in [0.25, 0.3) is 5.91 Å². The lowest BCUT2D eigenvalue weighted by Gasteiger charge is -2.11. The molecule has 0 bridgehead atoms. The predicted molar refractivity (Wildman–Crippen MR) is 115 cm³/mol. The van der Waals surface area contributed by atoms with Gasteiger partial charge in [0.15, 0.2) is 6.61 Å². The van der Waals surface area contributed by atoms with Gasteiger partial charge >= 0.3 is 12.0 Å². The molecule has 0 radical (unpaired) electrons. The van der Waals surface area contributed by atoms with Crippen molar-refractivity contribution >= 4 is 34.4 Å². The second kappa shape index (κ2) is 7.99. The van der Waals surface area contributed by atoms with Crippen LogP contribution in [-0.2, 0) is 22.4 Å². The molecule has 30 heavy (non-hydrogen) atoms. The van der Waals surface area contributed by atoms with Gasteiger partial charge in [0, 0.05) is 5.69 Å². The number of rotatable bonds is 4. The predicted octanol–water partition coefficient (Wildman–Crippen LogP) is 4.06. The quantitative estimate of drug-likeness (QED) is 0.645. The lowest BCUT2D eigenvalue weighted by molar-refractivity contribution is -0.123. The van der Waals surface area contributed by atoms with Crippen LogP contribution >= 0.6 is 0 Å². The maximum absolute atomic E-state index is 12.6. The van der Waals surface area contributed by atoms with Gasteiger partial charge in [-0.2, -0.15) is 0 Å². The first-order valence-corrected chi connectivity index (χ1v) is 9.81. The number of nitrogens with one attached hydrogen (secondary N) is 2. The molecule has 0 fully saturated rings. The Morgan fingerprint density at radius 3 is 2.47 bits per heavy atom. The highest BCUT2D eigenvalue weighted by Gasteiger charge is 2.20. The summed E-state index contributed by atoms with van der Waals surface area (Å²) in [5.74, 6) is -1.28. The van der Waals surface area contributed by atoms with Gasteiger partial charge in [-0.25, -0.2) is 9.59 Å². The standard InChI is InChI=1S/C24H22N2O4/c1-14-5-3-8-20(15(14)2)25-24(29)26-21(27)13-30-23(28)19-12-11-17-10-9-16-6-4-7-18(19)22(16)17/h3-8,11-12H,9-10,13H2,1-2H3,(H2,25,26,27,29). The van der Waals surface area contributed by atoms with Crippen LogP contribution in [0.15, 0.2) is 48.5 Å². The van der Waals surface area contributed by atoms with Crippen molar-refractivity contribution in [3.8, 4) is 0 Å². The fraction of sp³-hybridized carbons (Fsp3) is 0.208. The summed E-state index contributed by atoms with van der Waals surface area (Å²) in [5, 5.41) is 6.75. The minimum Gasteiger partial charge on any atom is -0.452 e. The van der Waals surface area contributed by atoms with E-state index in [1.807, 2.05) is 44.2 Å². The first-order valence-electron chi connectivity index (χ1n) is 9.81. The molecule has 6 nitrogen and oxygen atoms in total. The van der Waals surface area contributed by atoms with Crippen molar-refractivity contribution in [3.05, 3.63) is 76.3 Å². The van der Waals surface area contributed by atoms with E-state index in [9.17, 15) is 14.4 Å². The van der Waals surface area contributed by atoms with Crippen molar-refractivity contribution in [1.29, 1.82) is 0 Å². The molecule has 2 N–H and O–H groups in total. The molecule has 0 aliphatic heterocycles. The average molecular weight is 402 g/mol. The van der Waals surface area contributed by atoms with E-state index in [0.29, 0.717) is 11.3 Å². The zero-order valence-corrected chi connectivity index (χ0v) is 16.9. The molecule has 1 aliphatic carbocycles. The highest BCUT2D eigenvalue weighted by atomic mass is 16.5. The number of hydrogen-bond donors (Lipinski definition) is 2. The SMILES string of the molecule is Cc1cccc(NC(=O)NC(=O)COC(=O)c2ccc3c4c(cccc24)CC3)c1C. The van der Waals surface area contributed by atoms with Crippen LogP contribution in [0.1, 0.15) is 32.6 Å². The average Bonchev–Trinajstić information content (AvgIpc) is 3.15. The molecule has 1 aliphatic rings. The molecule has 6 heteroatoms. The van der Waals surface area contributed by atoms with Crippen molar-refractivity contribution in [2.75, 3.05) is 11.9 Å². The smallest absolute Gasteiger partial charge is 0.339 e. The molecule has 3 aromatic carbocycles. The number of ether oxygens (including phenoxy) is 1. The van der Waals surface area contributed by atoms with Gasteiger partial charge in [-0.1, -0.05) is 36.4 Å². The van der Waals surface area contributed by atoms with Crippen LogP contribution < -0.4 is 10.6 Å². The third-order valence-corrected chi connectivity index (χ3v) is 5.54. The van der Waals surface area contributed by atoms with Crippen LogP contribution in [-0.4, -0.2) is 24.5 Å². The van der Waals surface area contributed by atoms with Gasteiger partial charge in [0.1, 0.15) is 0 Å². The zero-order chi connectivity index (χ0) is 21.3.